The summed E-state index contributed by atoms with van der Waals surface area (Å²) in [5.41, 5.74) is -0.706. The van der Waals surface area contributed by atoms with Crippen molar-refractivity contribution in [2.75, 3.05) is 0 Å². The Morgan fingerprint density at radius 2 is 2.12 bits per heavy atom. The summed E-state index contributed by atoms with van der Waals surface area (Å²) in [5, 5.41) is 11.4. The summed E-state index contributed by atoms with van der Waals surface area (Å²) in [7, 11) is 0. The van der Waals surface area contributed by atoms with Crippen LogP contribution in [-0.4, -0.2) is 26.0 Å². The lowest BCUT2D eigenvalue weighted by atomic mass is 9.87. The molecule has 0 aliphatic heterocycles. The number of rotatable bonds is 7. The van der Waals surface area contributed by atoms with Gasteiger partial charge in [-0.3, -0.25) is 4.79 Å². The van der Waals surface area contributed by atoms with Crippen LogP contribution in [0.3, 0.4) is 0 Å². The summed E-state index contributed by atoms with van der Waals surface area (Å²) < 4.78 is 0. The van der Waals surface area contributed by atoms with Gasteiger partial charge in [-0.1, -0.05) is 33.1 Å². The van der Waals surface area contributed by atoms with Crippen molar-refractivity contribution >= 4 is 5.78 Å². The Hall–Kier alpha value is -1.26. The lowest BCUT2D eigenvalue weighted by Crippen LogP contribution is -2.41. The van der Waals surface area contributed by atoms with Crippen LogP contribution >= 0.6 is 0 Å². The SMILES string of the molecule is CCCCCC(C)C(=O)C(C)(C)n1ncnn1. The molecule has 1 aromatic heterocycles. The van der Waals surface area contributed by atoms with E-state index in [4.69, 9.17) is 0 Å². The van der Waals surface area contributed by atoms with Crippen LogP contribution in [0.1, 0.15) is 53.4 Å². The molecule has 1 atom stereocenters. The third-order valence-electron chi connectivity index (χ3n) is 3.14. The molecular weight excluding hydrogens is 216 g/mol. The predicted molar refractivity (Wildman–Crippen MR) is 65.5 cm³/mol. The first kappa shape index (κ1) is 13.8. The molecule has 1 aromatic rings. The highest BCUT2D eigenvalue weighted by Gasteiger charge is 2.34. The molecule has 1 unspecified atom stereocenters. The molecular formula is C12H22N4O. The van der Waals surface area contributed by atoms with E-state index in [1.807, 2.05) is 20.8 Å². The van der Waals surface area contributed by atoms with E-state index in [2.05, 4.69) is 22.3 Å². The summed E-state index contributed by atoms with van der Waals surface area (Å²) in [6, 6.07) is 0. The summed E-state index contributed by atoms with van der Waals surface area (Å²) in [5.74, 6) is 0.217. The van der Waals surface area contributed by atoms with E-state index in [-0.39, 0.29) is 11.7 Å². The number of aromatic nitrogens is 4. The van der Waals surface area contributed by atoms with Gasteiger partial charge in [-0.25, -0.2) is 0 Å². The third kappa shape index (κ3) is 3.35. The second-order valence-electron chi connectivity index (χ2n) is 5.05. The molecule has 5 nitrogen and oxygen atoms in total. The molecule has 0 saturated heterocycles. The second kappa shape index (κ2) is 5.89. The van der Waals surface area contributed by atoms with E-state index in [1.165, 1.54) is 24.0 Å². The second-order valence-corrected chi connectivity index (χ2v) is 5.05. The number of carbonyl (C=O) groups is 1. The Morgan fingerprint density at radius 3 is 2.65 bits per heavy atom. The van der Waals surface area contributed by atoms with Gasteiger partial charge in [0.1, 0.15) is 5.54 Å². The van der Waals surface area contributed by atoms with Crippen LogP contribution in [0.2, 0.25) is 0 Å². The zero-order valence-corrected chi connectivity index (χ0v) is 11.2. The summed E-state index contributed by atoms with van der Waals surface area (Å²) in [6.45, 7) is 7.83. The maximum Gasteiger partial charge on any atom is 0.164 e. The molecule has 0 N–H and O–H groups in total. The van der Waals surface area contributed by atoms with E-state index in [0.717, 1.165) is 12.8 Å². The van der Waals surface area contributed by atoms with Crippen LogP contribution in [0.15, 0.2) is 6.33 Å². The molecule has 1 rings (SSSR count). The van der Waals surface area contributed by atoms with Crippen molar-refractivity contribution in [3.63, 3.8) is 0 Å². The van der Waals surface area contributed by atoms with Crippen LogP contribution in [0, 0.1) is 5.92 Å². The largest absolute Gasteiger partial charge is 0.297 e. The predicted octanol–water partition coefficient (Wildman–Crippen LogP) is 2.19. The fraction of sp³-hybridized carbons (Fsp3) is 0.833. The van der Waals surface area contributed by atoms with Gasteiger partial charge in [-0.15, -0.1) is 10.2 Å². The number of nitrogens with zero attached hydrogens (tertiary/aromatic N) is 4. The lowest BCUT2D eigenvalue weighted by molar-refractivity contribution is -0.131. The van der Waals surface area contributed by atoms with Gasteiger partial charge in [0, 0.05) is 5.92 Å². The van der Waals surface area contributed by atoms with E-state index in [9.17, 15) is 4.79 Å². The Balaban J connectivity index is 2.62. The molecule has 0 radical (unpaired) electrons. The monoisotopic (exact) mass is 238 g/mol. The average Bonchev–Trinajstić information content (AvgIpc) is 2.82. The van der Waals surface area contributed by atoms with Crippen molar-refractivity contribution < 1.29 is 4.79 Å². The van der Waals surface area contributed by atoms with E-state index in [1.54, 1.807) is 0 Å². The smallest absolute Gasteiger partial charge is 0.164 e. The Kier molecular flexibility index (Phi) is 4.78. The molecule has 0 aliphatic rings. The normalized spacial score (nSPS) is 13.6. The zero-order valence-electron chi connectivity index (χ0n) is 11.2. The molecule has 0 aliphatic carbocycles. The minimum absolute atomic E-state index is 0.0440. The van der Waals surface area contributed by atoms with Gasteiger partial charge < -0.3 is 0 Å². The number of hydrogen-bond donors (Lipinski definition) is 0. The van der Waals surface area contributed by atoms with Crippen LogP contribution < -0.4 is 0 Å². The number of Topliss-reactive ketones (excluding diaryl/α,β-unsaturated/α-hetero) is 1. The number of unbranched alkanes of at least 4 members (excludes halogenated alkanes) is 2. The Morgan fingerprint density at radius 1 is 1.41 bits per heavy atom. The van der Waals surface area contributed by atoms with Gasteiger partial charge >= 0.3 is 0 Å². The van der Waals surface area contributed by atoms with Crippen molar-refractivity contribution in [2.24, 2.45) is 5.92 Å². The highest BCUT2D eigenvalue weighted by molar-refractivity contribution is 5.87. The molecule has 0 bridgehead atoms. The fourth-order valence-corrected chi connectivity index (χ4v) is 1.96. The van der Waals surface area contributed by atoms with E-state index in [0.29, 0.717) is 0 Å². The van der Waals surface area contributed by atoms with Crippen LogP contribution in [0.4, 0.5) is 0 Å². The summed E-state index contributed by atoms with van der Waals surface area (Å²) >= 11 is 0. The van der Waals surface area contributed by atoms with Crippen molar-refractivity contribution in [2.45, 2.75) is 58.9 Å². The van der Waals surface area contributed by atoms with Gasteiger partial charge in [0.05, 0.1) is 0 Å². The number of ketones is 1. The number of hydrogen-bond acceptors (Lipinski definition) is 4. The highest BCUT2D eigenvalue weighted by Crippen LogP contribution is 2.22. The van der Waals surface area contributed by atoms with Crippen molar-refractivity contribution in [1.29, 1.82) is 0 Å². The first-order valence-corrected chi connectivity index (χ1v) is 6.28. The molecule has 0 amide bonds. The maximum absolute atomic E-state index is 12.3. The number of carbonyl (C=O) groups excluding carboxylic acids is 1. The van der Waals surface area contributed by atoms with Crippen molar-refractivity contribution in [3.8, 4) is 0 Å². The van der Waals surface area contributed by atoms with E-state index < -0.39 is 5.54 Å². The Bertz CT molecular complexity index is 345. The standard InChI is InChI=1S/C12H22N4O/c1-5-6-7-8-10(2)11(17)12(3,4)16-14-9-13-15-16/h9-10H,5-8H2,1-4H3. The fourth-order valence-electron chi connectivity index (χ4n) is 1.96. The van der Waals surface area contributed by atoms with Crippen LogP contribution in [0.5, 0.6) is 0 Å². The molecule has 0 saturated carbocycles. The van der Waals surface area contributed by atoms with Crippen molar-refractivity contribution in [1.82, 2.24) is 20.2 Å². The van der Waals surface area contributed by atoms with Gasteiger partial charge in [0.25, 0.3) is 0 Å². The van der Waals surface area contributed by atoms with Gasteiger partial charge in [-0.2, -0.15) is 4.80 Å². The Labute approximate surface area is 103 Å². The minimum Gasteiger partial charge on any atom is -0.297 e. The molecule has 0 fully saturated rings. The summed E-state index contributed by atoms with van der Waals surface area (Å²) in [4.78, 5) is 13.7. The van der Waals surface area contributed by atoms with Gasteiger partial charge in [0.15, 0.2) is 12.1 Å². The zero-order chi connectivity index (χ0) is 12.9. The molecule has 17 heavy (non-hydrogen) atoms. The van der Waals surface area contributed by atoms with Crippen LogP contribution in [-0.2, 0) is 10.3 Å². The van der Waals surface area contributed by atoms with Crippen LogP contribution in [0.25, 0.3) is 0 Å². The molecule has 0 aromatic carbocycles. The first-order chi connectivity index (χ1) is 8.00. The van der Waals surface area contributed by atoms with Crippen molar-refractivity contribution in [3.05, 3.63) is 6.33 Å². The molecule has 5 heteroatoms. The lowest BCUT2D eigenvalue weighted by Gasteiger charge is -2.25. The molecule has 1 heterocycles. The minimum atomic E-state index is -0.706. The summed E-state index contributed by atoms with van der Waals surface area (Å²) in [6.07, 6.45) is 5.75. The van der Waals surface area contributed by atoms with Gasteiger partial charge in [-0.05, 0) is 25.5 Å². The first-order valence-electron chi connectivity index (χ1n) is 6.28. The molecule has 96 valence electrons. The van der Waals surface area contributed by atoms with E-state index >= 15 is 0 Å². The maximum atomic E-state index is 12.3. The average molecular weight is 238 g/mol. The highest BCUT2D eigenvalue weighted by atomic mass is 16.1. The quantitative estimate of drug-likeness (QED) is 0.683. The van der Waals surface area contributed by atoms with Gasteiger partial charge in [0.2, 0.25) is 0 Å². The topological polar surface area (TPSA) is 60.7 Å². The third-order valence-corrected chi connectivity index (χ3v) is 3.14. The number of tetrazole rings is 1. The molecule has 0 spiro atoms.